The summed E-state index contributed by atoms with van der Waals surface area (Å²) < 4.78 is 0. The molecular formula is C17H26Cl2N4O. The summed E-state index contributed by atoms with van der Waals surface area (Å²) in [6.45, 7) is 6.73. The molecular weight excluding hydrogens is 347 g/mol. The van der Waals surface area contributed by atoms with Gasteiger partial charge in [-0.05, 0) is 30.7 Å². The summed E-state index contributed by atoms with van der Waals surface area (Å²) in [7, 11) is 0. The van der Waals surface area contributed by atoms with Crippen LogP contribution in [0.2, 0.25) is 5.02 Å². The van der Waals surface area contributed by atoms with E-state index in [2.05, 4.69) is 35.3 Å². The molecule has 1 aromatic carbocycles. The second kappa shape index (κ2) is 8.02. The van der Waals surface area contributed by atoms with E-state index in [-0.39, 0.29) is 29.8 Å². The van der Waals surface area contributed by atoms with Crippen LogP contribution in [0, 0.1) is 5.92 Å². The molecule has 0 saturated carbocycles. The lowest BCUT2D eigenvalue weighted by Crippen LogP contribution is -2.51. The molecule has 24 heavy (non-hydrogen) atoms. The molecule has 0 spiro atoms. The highest BCUT2D eigenvalue weighted by Gasteiger charge is 2.41. The number of carbonyl (C=O) groups excluding carboxylic acids is 1. The van der Waals surface area contributed by atoms with Crippen LogP contribution in [0.5, 0.6) is 0 Å². The van der Waals surface area contributed by atoms with E-state index >= 15 is 0 Å². The third-order valence-corrected chi connectivity index (χ3v) is 5.25. The molecule has 2 aliphatic heterocycles. The number of halogens is 2. The predicted molar refractivity (Wildman–Crippen MR) is 99.6 cm³/mol. The smallest absolute Gasteiger partial charge is 0.238 e. The maximum Gasteiger partial charge on any atom is 0.238 e. The van der Waals surface area contributed by atoms with Crippen LogP contribution < -0.4 is 21.5 Å². The van der Waals surface area contributed by atoms with Crippen molar-refractivity contribution in [3.05, 3.63) is 34.9 Å². The Morgan fingerprint density at radius 1 is 1.29 bits per heavy atom. The molecule has 0 aromatic heterocycles. The van der Waals surface area contributed by atoms with Gasteiger partial charge in [-0.3, -0.25) is 10.2 Å². The van der Waals surface area contributed by atoms with Crippen molar-refractivity contribution in [3.8, 4) is 0 Å². The molecule has 2 saturated heterocycles. The van der Waals surface area contributed by atoms with E-state index in [0.717, 1.165) is 30.1 Å². The third kappa shape index (κ3) is 4.21. The number of benzene rings is 1. The minimum Gasteiger partial charge on any atom is -0.354 e. The zero-order valence-electron chi connectivity index (χ0n) is 14.1. The van der Waals surface area contributed by atoms with Gasteiger partial charge in [0.15, 0.2) is 0 Å². The number of carbonyl (C=O) groups is 1. The van der Waals surface area contributed by atoms with E-state index in [1.54, 1.807) is 0 Å². The van der Waals surface area contributed by atoms with Crippen LogP contribution in [0.4, 0.5) is 0 Å². The SMILES string of the molecule is CC(C)(CNC(=O)C1NNC2CCNCC21)c1ccc(Cl)cc1.Cl. The van der Waals surface area contributed by atoms with Gasteiger partial charge in [-0.2, -0.15) is 0 Å². The van der Waals surface area contributed by atoms with Crippen LogP contribution in [0.15, 0.2) is 24.3 Å². The summed E-state index contributed by atoms with van der Waals surface area (Å²) >= 11 is 5.95. The summed E-state index contributed by atoms with van der Waals surface area (Å²) in [5, 5.41) is 7.21. The van der Waals surface area contributed by atoms with Crippen LogP contribution in [0.3, 0.4) is 0 Å². The standard InChI is InChI=1S/C17H25ClN4O.ClH/c1-17(2,11-3-5-12(18)6-4-11)10-20-16(23)15-13-9-19-8-7-14(13)21-22-15;/h3-6,13-15,19,21-22H,7-10H2,1-2H3,(H,20,23);1H. The molecule has 3 unspecified atom stereocenters. The lowest BCUT2D eigenvalue weighted by Gasteiger charge is -2.29. The highest BCUT2D eigenvalue weighted by molar-refractivity contribution is 6.30. The predicted octanol–water partition coefficient (Wildman–Crippen LogP) is 1.61. The van der Waals surface area contributed by atoms with Crippen molar-refractivity contribution >= 4 is 29.9 Å². The van der Waals surface area contributed by atoms with Gasteiger partial charge in [0, 0.05) is 35.5 Å². The number of hydrogen-bond acceptors (Lipinski definition) is 4. The van der Waals surface area contributed by atoms with Crippen LogP contribution in [-0.4, -0.2) is 37.6 Å². The van der Waals surface area contributed by atoms with E-state index in [1.807, 2.05) is 24.3 Å². The van der Waals surface area contributed by atoms with Crippen LogP contribution in [0.1, 0.15) is 25.8 Å². The van der Waals surface area contributed by atoms with Crippen molar-refractivity contribution in [3.63, 3.8) is 0 Å². The average Bonchev–Trinajstić information content (AvgIpc) is 2.97. The molecule has 3 atom stereocenters. The molecule has 2 fully saturated rings. The topological polar surface area (TPSA) is 65.2 Å². The Balaban J connectivity index is 0.00000208. The van der Waals surface area contributed by atoms with Crippen molar-refractivity contribution < 1.29 is 4.79 Å². The van der Waals surface area contributed by atoms with E-state index < -0.39 is 0 Å². The van der Waals surface area contributed by atoms with Gasteiger partial charge in [0.1, 0.15) is 6.04 Å². The minimum atomic E-state index is -0.172. The Kier molecular flexibility index (Phi) is 6.51. The number of rotatable bonds is 4. The average molecular weight is 373 g/mol. The minimum absolute atomic E-state index is 0. The van der Waals surface area contributed by atoms with Gasteiger partial charge >= 0.3 is 0 Å². The highest BCUT2D eigenvalue weighted by atomic mass is 35.5. The Bertz CT molecular complexity index is 564. The highest BCUT2D eigenvalue weighted by Crippen LogP contribution is 2.24. The summed E-state index contributed by atoms with van der Waals surface area (Å²) in [4.78, 5) is 12.6. The van der Waals surface area contributed by atoms with Gasteiger partial charge in [0.2, 0.25) is 5.91 Å². The fraction of sp³-hybridized carbons (Fsp3) is 0.588. The van der Waals surface area contributed by atoms with Gasteiger partial charge in [0.25, 0.3) is 0 Å². The number of nitrogens with one attached hydrogen (secondary N) is 4. The molecule has 0 bridgehead atoms. The Morgan fingerprint density at radius 3 is 2.71 bits per heavy atom. The van der Waals surface area contributed by atoms with E-state index in [9.17, 15) is 4.79 Å². The number of hydrogen-bond donors (Lipinski definition) is 4. The molecule has 1 amide bonds. The van der Waals surface area contributed by atoms with Gasteiger partial charge in [-0.25, -0.2) is 5.43 Å². The van der Waals surface area contributed by atoms with Gasteiger partial charge in [-0.15, -0.1) is 12.4 Å². The van der Waals surface area contributed by atoms with Crippen LogP contribution >= 0.6 is 24.0 Å². The van der Waals surface area contributed by atoms with E-state index in [4.69, 9.17) is 11.6 Å². The Labute approximate surface area is 154 Å². The van der Waals surface area contributed by atoms with Crippen molar-refractivity contribution in [2.75, 3.05) is 19.6 Å². The molecule has 5 nitrogen and oxygen atoms in total. The van der Waals surface area contributed by atoms with Gasteiger partial charge < -0.3 is 10.6 Å². The van der Waals surface area contributed by atoms with Crippen molar-refractivity contribution in [2.45, 2.75) is 37.8 Å². The maximum atomic E-state index is 12.6. The largest absolute Gasteiger partial charge is 0.354 e. The number of hydrazine groups is 1. The first-order valence-corrected chi connectivity index (χ1v) is 8.61. The number of amides is 1. The monoisotopic (exact) mass is 372 g/mol. The summed E-state index contributed by atoms with van der Waals surface area (Å²) in [6.07, 6.45) is 1.05. The van der Waals surface area contributed by atoms with Crippen molar-refractivity contribution in [1.82, 2.24) is 21.5 Å². The van der Waals surface area contributed by atoms with Gasteiger partial charge in [0.05, 0.1) is 0 Å². The summed E-state index contributed by atoms with van der Waals surface area (Å²) in [6, 6.07) is 8.03. The molecule has 4 N–H and O–H groups in total. The zero-order valence-corrected chi connectivity index (χ0v) is 15.6. The maximum absolute atomic E-state index is 12.6. The molecule has 2 heterocycles. The molecule has 7 heteroatoms. The first-order chi connectivity index (χ1) is 11.0. The lowest BCUT2D eigenvalue weighted by atomic mass is 9.84. The summed E-state index contributed by atoms with van der Waals surface area (Å²) in [5.41, 5.74) is 7.44. The first-order valence-electron chi connectivity index (χ1n) is 8.23. The fourth-order valence-electron chi connectivity index (χ4n) is 3.40. The van der Waals surface area contributed by atoms with E-state index in [0.29, 0.717) is 18.5 Å². The fourth-order valence-corrected chi connectivity index (χ4v) is 3.52. The normalized spacial score (nSPS) is 26.4. The van der Waals surface area contributed by atoms with Crippen molar-refractivity contribution in [1.29, 1.82) is 0 Å². The molecule has 134 valence electrons. The van der Waals surface area contributed by atoms with E-state index in [1.165, 1.54) is 0 Å². The molecule has 1 aromatic rings. The number of fused-ring (bicyclic) bond motifs is 1. The molecule has 0 aliphatic carbocycles. The summed E-state index contributed by atoms with van der Waals surface area (Å²) in [5.74, 6) is 0.373. The second-order valence-corrected chi connectivity index (χ2v) is 7.57. The second-order valence-electron chi connectivity index (χ2n) is 7.14. The van der Waals surface area contributed by atoms with Gasteiger partial charge in [-0.1, -0.05) is 37.6 Å². The Hall–Kier alpha value is -0.850. The number of piperidine rings is 1. The van der Waals surface area contributed by atoms with Crippen LogP contribution in [0.25, 0.3) is 0 Å². The lowest BCUT2D eigenvalue weighted by molar-refractivity contribution is -0.124. The molecule has 3 rings (SSSR count). The zero-order chi connectivity index (χ0) is 16.4. The Morgan fingerprint density at radius 2 is 2.00 bits per heavy atom. The van der Waals surface area contributed by atoms with Crippen LogP contribution in [-0.2, 0) is 10.2 Å². The third-order valence-electron chi connectivity index (χ3n) is 4.99. The first kappa shape index (κ1) is 19.5. The molecule has 2 aliphatic rings. The van der Waals surface area contributed by atoms with Crippen molar-refractivity contribution in [2.24, 2.45) is 5.92 Å². The molecule has 0 radical (unpaired) electrons. The quantitative estimate of drug-likeness (QED) is 0.648.